The predicted molar refractivity (Wildman–Crippen MR) is 54.5 cm³/mol. The van der Waals surface area contributed by atoms with E-state index in [1.54, 1.807) is 0 Å². The monoisotopic (exact) mass is 199 g/mol. The summed E-state index contributed by atoms with van der Waals surface area (Å²) in [5.41, 5.74) is 0.403. The van der Waals surface area contributed by atoms with Crippen molar-refractivity contribution in [2.24, 2.45) is 5.92 Å². The second-order valence-electron chi connectivity index (χ2n) is 4.25. The molecule has 4 heteroatoms. The van der Waals surface area contributed by atoms with Crippen molar-refractivity contribution in [2.75, 3.05) is 0 Å². The molecule has 0 aromatic rings. The van der Waals surface area contributed by atoms with E-state index in [0.717, 1.165) is 10.2 Å². The molecule has 2 atom stereocenters. The molecule has 3 nitrogen and oxygen atoms in total. The van der Waals surface area contributed by atoms with Crippen LogP contribution in [0.2, 0.25) is 5.54 Å². The Bertz CT molecular complexity index is 238. The van der Waals surface area contributed by atoms with E-state index < -0.39 is 0 Å². The van der Waals surface area contributed by atoms with Gasteiger partial charge in [0.1, 0.15) is 0 Å². The number of imide groups is 1. The van der Waals surface area contributed by atoms with Crippen LogP contribution in [0.5, 0.6) is 0 Å². The van der Waals surface area contributed by atoms with Gasteiger partial charge in [-0.15, -0.1) is 0 Å². The molecule has 13 heavy (non-hydrogen) atoms. The molecular weight excluding hydrogens is 182 g/mol. The number of amides is 2. The Labute approximate surface area is 81.9 Å². The van der Waals surface area contributed by atoms with E-state index in [1.807, 2.05) is 20.8 Å². The highest BCUT2D eigenvalue weighted by atomic mass is 28.1. The fraction of sp³-hybridized carbons (Fsp3) is 0.778. The molecule has 0 saturated carbocycles. The average molecular weight is 199 g/mol. The second kappa shape index (κ2) is 3.62. The van der Waals surface area contributed by atoms with Crippen molar-refractivity contribution in [3.8, 4) is 0 Å². The van der Waals surface area contributed by atoms with Crippen LogP contribution in [0.4, 0.5) is 0 Å². The number of carbonyl (C=O) groups excluding carboxylic acids is 2. The van der Waals surface area contributed by atoms with Crippen molar-refractivity contribution in [3.05, 3.63) is 0 Å². The Morgan fingerprint density at radius 1 is 1.38 bits per heavy atom. The molecule has 1 heterocycles. The van der Waals surface area contributed by atoms with Gasteiger partial charge in [-0.3, -0.25) is 14.5 Å². The fourth-order valence-corrected chi connectivity index (χ4v) is 2.26. The maximum Gasteiger partial charge on any atom is 0.232 e. The van der Waals surface area contributed by atoms with Gasteiger partial charge in [0.2, 0.25) is 11.8 Å². The van der Waals surface area contributed by atoms with Gasteiger partial charge in [0.15, 0.2) is 0 Å². The third kappa shape index (κ3) is 1.82. The predicted octanol–water partition coefficient (Wildman–Crippen LogP) is -0.0563. The minimum atomic E-state index is -0.0263. The van der Waals surface area contributed by atoms with Gasteiger partial charge in [0.05, 0.1) is 0 Å². The molecule has 0 N–H and O–H groups in total. The van der Waals surface area contributed by atoms with E-state index in [1.165, 1.54) is 4.90 Å². The van der Waals surface area contributed by atoms with Crippen LogP contribution in [0.15, 0.2) is 0 Å². The molecule has 0 spiro atoms. The van der Waals surface area contributed by atoms with E-state index in [4.69, 9.17) is 0 Å². The Hall–Kier alpha value is -0.643. The lowest BCUT2D eigenvalue weighted by molar-refractivity contribution is -0.141. The number of nitrogens with zero attached hydrogens (tertiary/aromatic N) is 1. The van der Waals surface area contributed by atoms with Gasteiger partial charge >= 0.3 is 0 Å². The highest BCUT2D eigenvalue weighted by Gasteiger charge is 2.40. The van der Waals surface area contributed by atoms with Crippen LogP contribution in [0.25, 0.3) is 0 Å². The van der Waals surface area contributed by atoms with E-state index in [9.17, 15) is 9.59 Å². The molecule has 0 radical (unpaired) electrons. The Morgan fingerprint density at radius 2 is 1.92 bits per heavy atom. The first-order valence-corrected chi connectivity index (χ1v) is 5.96. The van der Waals surface area contributed by atoms with Gasteiger partial charge in [-0.1, -0.05) is 6.92 Å². The van der Waals surface area contributed by atoms with Crippen LogP contribution in [0.1, 0.15) is 27.2 Å². The summed E-state index contributed by atoms with van der Waals surface area (Å²) >= 11 is 0. The minimum Gasteiger partial charge on any atom is -0.280 e. The molecule has 0 aromatic heterocycles. The zero-order valence-electron chi connectivity index (χ0n) is 8.70. The summed E-state index contributed by atoms with van der Waals surface area (Å²) in [6, 6.07) is 0.0189. The van der Waals surface area contributed by atoms with E-state index in [0.29, 0.717) is 12.0 Å². The molecule has 1 aliphatic rings. The number of hydrogen-bond donors (Lipinski definition) is 0. The maximum atomic E-state index is 11.7. The molecule has 1 fully saturated rings. The summed E-state index contributed by atoms with van der Waals surface area (Å²) in [6.07, 6.45) is 0.432. The zero-order valence-corrected chi connectivity index (χ0v) is 10.7. The lowest BCUT2D eigenvalue weighted by Crippen LogP contribution is -2.37. The van der Waals surface area contributed by atoms with Crippen molar-refractivity contribution in [1.82, 2.24) is 4.90 Å². The highest BCUT2D eigenvalue weighted by Crippen LogP contribution is 2.29. The van der Waals surface area contributed by atoms with Crippen LogP contribution >= 0.6 is 0 Å². The van der Waals surface area contributed by atoms with Crippen LogP contribution < -0.4 is 0 Å². The van der Waals surface area contributed by atoms with E-state index in [2.05, 4.69) is 0 Å². The second-order valence-corrected chi connectivity index (χ2v) is 6.07. The molecule has 0 aliphatic carbocycles. The number of hydrogen-bond acceptors (Lipinski definition) is 2. The Balaban J connectivity index is 2.82. The first kappa shape index (κ1) is 10.4. The zero-order chi connectivity index (χ0) is 10.2. The smallest absolute Gasteiger partial charge is 0.232 e. The van der Waals surface area contributed by atoms with Crippen LogP contribution in [-0.4, -0.2) is 33.0 Å². The topological polar surface area (TPSA) is 37.4 Å². The van der Waals surface area contributed by atoms with Gasteiger partial charge in [0, 0.05) is 28.6 Å². The molecule has 2 unspecified atom stereocenters. The number of carbonyl (C=O) groups is 2. The van der Waals surface area contributed by atoms with Crippen LogP contribution in [0.3, 0.4) is 0 Å². The summed E-state index contributed by atoms with van der Waals surface area (Å²) in [5, 5.41) is 0. The summed E-state index contributed by atoms with van der Waals surface area (Å²) in [6.45, 7) is 5.82. The molecule has 0 bridgehead atoms. The minimum absolute atomic E-state index is 0.00713. The SMILES string of the molecule is CC([SiH3])C1CC(=O)N(C(C)C)C1=O. The average Bonchev–Trinajstić information content (AvgIpc) is 2.26. The molecule has 2 amide bonds. The Morgan fingerprint density at radius 3 is 2.15 bits per heavy atom. The number of likely N-dealkylation sites (tertiary alicyclic amines) is 1. The first-order chi connectivity index (χ1) is 5.95. The van der Waals surface area contributed by atoms with Crippen LogP contribution in [-0.2, 0) is 9.59 Å². The molecule has 74 valence electrons. The van der Waals surface area contributed by atoms with Crippen molar-refractivity contribution < 1.29 is 9.59 Å². The molecule has 1 rings (SSSR count). The van der Waals surface area contributed by atoms with E-state index in [-0.39, 0.29) is 23.8 Å². The quantitative estimate of drug-likeness (QED) is 0.462. The standard InChI is InChI=1S/C9H17NO2Si/c1-5(2)10-8(11)4-7(6(3)13)9(10)12/h5-7H,4H2,1-3,13H3. The maximum absolute atomic E-state index is 11.7. The van der Waals surface area contributed by atoms with Gasteiger partial charge in [-0.25, -0.2) is 0 Å². The third-order valence-corrected chi connectivity index (χ3v) is 3.34. The lowest BCUT2D eigenvalue weighted by atomic mass is 10.0. The van der Waals surface area contributed by atoms with Gasteiger partial charge in [0.25, 0.3) is 0 Å². The summed E-state index contributed by atoms with van der Waals surface area (Å²) in [5.74, 6) is 0.0248. The third-order valence-electron chi connectivity index (χ3n) is 2.54. The lowest BCUT2D eigenvalue weighted by Gasteiger charge is -2.19. The molecule has 1 aliphatic heterocycles. The largest absolute Gasteiger partial charge is 0.280 e. The summed E-state index contributed by atoms with van der Waals surface area (Å²) in [7, 11) is 0.978. The first-order valence-electron chi connectivity index (χ1n) is 4.81. The molecule has 0 aromatic carbocycles. The highest BCUT2D eigenvalue weighted by molar-refractivity contribution is 6.16. The van der Waals surface area contributed by atoms with Gasteiger partial charge in [-0.05, 0) is 19.4 Å². The van der Waals surface area contributed by atoms with Crippen molar-refractivity contribution in [2.45, 2.75) is 38.8 Å². The van der Waals surface area contributed by atoms with Gasteiger partial charge < -0.3 is 0 Å². The van der Waals surface area contributed by atoms with Crippen molar-refractivity contribution >= 4 is 22.1 Å². The fourth-order valence-electron chi connectivity index (χ4n) is 1.74. The summed E-state index contributed by atoms with van der Waals surface area (Å²) < 4.78 is 0. The number of rotatable bonds is 2. The van der Waals surface area contributed by atoms with Crippen molar-refractivity contribution in [1.29, 1.82) is 0 Å². The normalized spacial score (nSPS) is 26.2. The van der Waals surface area contributed by atoms with Crippen molar-refractivity contribution in [3.63, 3.8) is 0 Å². The molecule has 1 saturated heterocycles. The van der Waals surface area contributed by atoms with Gasteiger partial charge in [-0.2, -0.15) is 0 Å². The van der Waals surface area contributed by atoms with Crippen LogP contribution in [0, 0.1) is 5.92 Å². The Kier molecular flexibility index (Phi) is 2.90. The summed E-state index contributed by atoms with van der Waals surface area (Å²) in [4.78, 5) is 24.6. The van der Waals surface area contributed by atoms with E-state index >= 15 is 0 Å². The molecular formula is C9H17NO2Si.